The number of thiophene rings is 1. The first-order valence-corrected chi connectivity index (χ1v) is 7.77. The summed E-state index contributed by atoms with van der Waals surface area (Å²) in [7, 11) is 2.03. The molecule has 3 nitrogen and oxygen atoms in total. The molecular formula is C15H23N3S. The van der Waals surface area contributed by atoms with E-state index in [0.717, 1.165) is 25.1 Å². The van der Waals surface area contributed by atoms with E-state index in [1.54, 1.807) is 0 Å². The van der Waals surface area contributed by atoms with Gasteiger partial charge in [0.05, 0.1) is 17.4 Å². The second kappa shape index (κ2) is 6.35. The first-order chi connectivity index (χ1) is 9.13. The molecule has 0 bridgehead atoms. The van der Waals surface area contributed by atoms with Crippen molar-refractivity contribution in [2.75, 3.05) is 6.54 Å². The quantitative estimate of drug-likeness (QED) is 0.878. The third-order valence-electron chi connectivity index (χ3n) is 3.32. The lowest BCUT2D eigenvalue weighted by atomic mass is 10.1. The summed E-state index contributed by atoms with van der Waals surface area (Å²) in [5.41, 5.74) is 2.35. The van der Waals surface area contributed by atoms with E-state index in [0.29, 0.717) is 6.04 Å². The fraction of sp³-hybridized carbons (Fsp3) is 0.533. The average Bonchev–Trinajstić information content (AvgIpc) is 2.95. The van der Waals surface area contributed by atoms with Gasteiger partial charge in [-0.25, -0.2) is 0 Å². The Morgan fingerprint density at radius 3 is 2.58 bits per heavy atom. The Balaban J connectivity index is 2.18. The zero-order chi connectivity index (χ0) is 13.8. The Bertz CT molecular complexity index is 527. The van der Waals surface area contributed by atoms with Gasteiger partial charge < -0.3 is 5.32 Å². The summed E-state index contributed by atoms with van der Waals surface area (Å²) in [5.74, 6) is 0. The lowest BCUT2D eigenvalue weighted by molar-refractivity contribution is 0.510. The molecule has 0 radical (unpaired) electrons. The number of likely N-dealkylation sites (N-methyl/N-ethyl adjacent to an activating group) is 1. The first kappa shape index (κ1) is 14.3. The highest BCUT2D eigenvalue weighted by atomic mass is 32.1. The summed E-state index contributed by atoms with van der Waals surface area (Å²) in [4.78, 5) is 2.91. The normalized spacial score (nSPS) is 12.8. The van der Waals surface area contributed by atoms with E-state index in [4.69, 9.17) is 0 Å². The summed E-state index contributed by atoms with van der Waals surface area (Å²) < 4.78 is 2.00. The van der Waals surface area contributed by atoms with Crippen molar-refractivity contribution in [1.82, 2.24) is 15.1 Å². The molecule has 0 aliphatic rings. The van der Waals surface area contributed by atoms with Gasteiger partial charge in [-0.15, -0.1) is 11.3 Å². The monoisotopic (exact) mass is 277 g/mol. The highest BCUT2D eigenvalue weighted by Crippen LogP contribution is 2.24. The smallest absolute Gasteiger partial charge is 0.0597 e. The standard InChI is InChI=1S/C15H23N3S/c1-5-12-7-8-13(19-12)10-14(16-6-2)15-9-11(3)17-18(15)4/h7-9,14,16H,5-6,10H2,1-4H3. The fourth-order valence-corrected chi connectivity index (χ4v) is 3.41. The number of hydrogen-bond acceptors (Lipinski definition) is 3. The molecule has 19 heavy (non-hydrogen) atoms. The summed E-state index contributed by atoms with van der Waals surface area (Å²) in [6.07, 6.45) is 2.17. The second-order valence-electron chi connectivity index (χ2n) is 4.87. The predicted octanol–water partition coefficient (Wildman–Crippen LogP) is 3.25. The van der Waals surface area contributed by atoms with Gasteiger partial charge in [-0.1, -0.05) is 13.8 Å². The van der Waals surface area contributed by atoms with Crippen LogP contribution in [0.3, 0.4) is 0 Å². The minimum atomic E-state index is 0.347. The van der Waals surface area contributed by atoms with Crippen LogP contribution in [0.4, 0.5) is 0 Å². The maximum absolute atomic E-state index is 4.46. The van der Waals surface area contributed by atoms with Crippen molar-refractivity contribution in [1.29, 1.82) is 0 Å². The van der Waals surface area contributed by atoms with Crippen molar-refractivity contribution < 1.29 is 0 Å². The SMILES string of the molecule is CCNC(Cc1ccc(CC)s1)c1cc(C)nn1C. The van der Waals surface area contributed by atoms with Crippen LogP contribution in [0.25, 0.3) is 0 Å². The molecule has 2 heterocycles. The van der Waals surface area contributed by atoms with Gasteiger partial charge in [-0.2, -0.15) is 5.10 Å². The summed E-state index contributed by atoms with van der Waals surface area (Å²) in [6, 6.07) is 7.04. The highest BCUT2D eigenvalue weighted by Gasteiger charge is 2.16. The van der Waals surface area contributed by atoms with Crippen LogP contribution in [0, 0.1) is 6.92 Å². The van der Waals surface area contributed by atoms with Gasteiger partial charge >= 0.3 is 0 Å². The molecular weight excluding hydrogens is 254 g/mol. The van der Waals surface area contributed by atoms with E-state index in [1.807, 2.05) is 30.0 Å². The Labute approximate surface area is 119 Å². The van der Waals surface area contributed by atoms with Crippen LogP contribution in [-0.2, 0) is 19.9 Å². The highest BCUT2D eigenvalue weighted by molar-refractivity contribution is 7.11. The second-order valence-corrected chi connectivity index (χ2v) is 6.12. The van der Waals surface area contributed by atoms with Crippen LogP contribution in [0.5, 0.6) is 0 Å². The maximum atomic E-state index is 4.46. The minimum absolute atomic E-state index is 0.347. The van der Waals surface area contributed by atoms with Gasteiger partial charge in [0.1, 0.15) is 0 Å². The Kier molecular flexibility index (Phi) is 4.77. The molecule has 4 heteroatoms. The molecule has 0 aliphatic heterocycles. The third kappa shape index (κ3) is 3.45. The Morgan fingerprint density at radius 1 is 1.32 bits per heavy atom. The van der Waals surface area contributed by atoms with Crippen LogP contribution in [0.15, 0.2) is 18.2 Å². The van der Waals surface area contributed by atoms with Gasteiger partial charge in [-0.3, -0.25) is 4.68 Å². The fourth-order valence-electron chi connectivity index (χ4n) is 2.41. The van der Waals surface area contributed by atoms with E-state index >= 15 is 0 Å². The number of nitrogens with zero attached hydrogens (tertiary/aromatic N) is 2. The van der Waals surface area contributed by atoms with Crippen molar-refractivity contribution in [2.45, 2.75) is 39.7 Å². The number of hydrogen-bond donors (Lipinski definition) is 1. The van der Waals surface area contributed by atoms with Crippen molar-refractivity contribution in [2.24, 2.45) is 7.05 Å². The molecule has 0 spiro atoms. The lowest BCUT2D eigenvalue weighted by Gasteiger charge is -2.17. The summed E-state index contributed by atoms with van der Waals surface area (Å²) >= 11 is 1.92. The van der Waals surface area contributed by atoms with Gasteiger partial charge in [-0.05, 0) is 38.1 Å². The molecule has 2 aromatic rings. The molecule has 0 fully saturated rings. The van der Waals surface area contributed by atoms with Gasteiger partial charge in [0.25, 0.3) is 0 Å². The van der Waals surface area contributed by atoms with E-state index in [-0.39, 0.29) is 0 Å². The Morgan fingerprint density at radius 2 is 2.05 bits per heavy atom. The summed E-state index contributed by atoms with van der Waals surface area (Å²) in [5, 5.41) is 8.03. The van der Waals surface area contributed by atoms with Crippen molar-refractivity contribution >= 4 is 11.3 Å². The molecule has 2 rings (SSSR count). The minimum Gasteiger partial charge on any atom is -0.309 e. The van der Waals surface area contributed by atoms with Crippen molar-refractivity contribution in [3.63, 3.8) is 0 Å². The van der Waals surface area contributed by atoms with Crippen LogP contribution in [-0.4, -0.2) is 16.3 Å². The molecule has 0 aromatic carbocycles. The molecule has 0 saturated heterocycles. The van der Waals surface area contributed by atoms with Crippen LogP contribution in [0.2, 0.25) is 0 Å². The zero-order valence-electron chi connectivity index (χ0n) is 12.2. The number of rotatable bonds is 6. The molecule has 1 N–H and O–H groups in total. The predicted molar refractivity (Wildman–Crippen MR) is 81.8 cm³/mol. The maximum Gasteiger partial charge on any atom is 0.0597 e. The van der Waals surface area contributed by atoms with Crippen molar-refractivity contribution in [3.8, 4) is 0 Å². The van der Waals surface area contributed by atoms with Gasteiger partial charge in [0.2, 0.25) is 0 Å². The van der Waals surface area contributed by atoms with E-state index in [1.165, 1.54) is 15.4 Å². The zero-order valence-corrected chi connectivity index (χ0v) is 13.0. The van der Waals surface area contributed by atoms with E-state index < -0.39 is 0 Å². The van der Waals surface area contributed by atoms with Crippen LogP contribution in [0.1, 0.15) is 41.0 Å². The first-order valence-electron chi connectivity index (χ1n) is 6.95. The molecule has 2 aromatic heterocycles. The molecule has 104 valence electrons. The van der Waals surface area contributed by atoms with Crippen LogP contribution >= 0.6 is 11.3 Å². The molecule has 1 atom stereocenters. The van der Waals surface area contributed by atoms with Gasteiger partial charge in [0, 0.05) is 23.2 Å². The molecule has 0 saturated carbocycles. The molecule has 1 unspecified atom stereocenters. The number of aryl methyl sites for hydroxylation is 3. The Hall–Kier alpha value is -1.13. The third-order valence-corrected chi connectivity index (χ3v) is 4.57. The van der Waals surface area contributed by atoms with Crippen LogP contribution < -0.4 is 5.32 Å². The van der Waals surface area contributed by atoms with Gasteiger partial charge in [0.15, 0.2) is 0 Å². The summed E-state index contributed by atoms with van der Waals surface area (Å²) in [6.45, 7) is 7.39. The van der Waals surface area contributed by atoms with E-state index in [2.05, 4.69) is 42.5 Å². The molecule has 0 aliphatic carbocycles. The van der Waals surface area contributed by atoms with E-state index in [9.17, 15) is 0 Å². The average molecular weight is 277 g/mol. The number of nitrogens with one attached hydrogen (secondary N) is 1. The molecule has 0 amide bonds. The lowest BCUT2D eigenvalue weighted by Crippen LogP contribution is -2.24. The number of aromatic nitrogens is 2. The topological polar surface area (TPSA) is 29.9 Å². The largest absolute Gasteiger partial charge is 0.309 e. The van der Waals surface area contributed by atoms with Crippen molar-refractivity contribution in [3.05, 3.63) is 39.3 Å².